The molecule has 1 atom stereocenters. The van der Waals surface area contributed by atoms with Crippen LogP contribution < -0.4 is 5.69 Å². The lowest BCUT2D eigenvalue weighted by molar-refractivity contribution is 0.0941. The van der Waals surface area contributed by atoms with Gasteiger partial charge >= 0.3 is 5.69 Å². The summed E-state index contributed by atoms with van der Waals surface area (Å²) in [4.78, 5) is 24.3. The van der Waals surface area contributed by atoms with Gasteiger partial charge in [0.05, 0.1) is 18.4 Å². The molecular formula is C18H23N3O3S. The van der Waals surface area contributed by atoms with Gasteiger partial charge in [0.25, 0.3) is 0 Å². The summed E-state index contributed by atoms with van der Waals surface area (Å²) in [6.07, 6.45) is 2.02. The van der Waals surface area contributed by atoms with Gasteiger partial charge in [-0.15, -0.1) is 5.10 Å². The van der Waals surface area contributed by atoms with E-state index < -0.39 is 0 Å². The molecule has 134 valence electrons. The maximum Gasteiger partial charge on any atom is 0.344 e. The Hall–Kier alpha value is -1.86. The minimum absolute atomic E-state index is 0.0272. The predicted molar refractivity (Wildman–Crippen MR) is 97.4 cm³/mol. The lowest BCUT2D eigenvalue weighted by Gasteiger charge is -2.11. The first-order valence-electron chi connectivity index (χ1n) is 8.57. The van der Waals surface area contributed by atoms with Crippen molar-refractivity contribution in [1.29, 1.82) is 0 Å². The zero-order valence-electron chi connectivity index (χ0n) is 14.5. The highest BCUT2D eigenvalue weighted by Gasteiger charge is 2.20. The lowest BCUT2D eigenvalue weighted by Crippen LogP contribution is -2.25. The summed E-state index contributed by atoms with van der Waals surface area (Å²) in [7, 11) is 0. The molecule has 2 heterocycles. The first-order valence-corrected chi connectivity index (χ1v) is 9.56. The van der Waals surface area contributed by atoms with Gasteiger partial charge in [0.2, 0.25) is 0 Å². The van der Waals surface area contributed by atoms with Gasteiger partial charge in [-0.05, 0) is 24.3 Å². The number of nitrogens with zero attached hydrogens (tertiary/aromatic N) is 2. The summed E-state index contributed by atoms with van der Waals surface area (Å²) >= 11 is 1.28. The Balaban J connectivity index is 1.63. The number of hydrogen-bond donors (Lipinski definition) is 1. The van der Waals surface area contributed by atoms with Crippen LogP contribution in [0.4, 0.5) is 0 Å². The highest BCUT2D eigenvalue weighted by atomic mass is 32.2. The van der Waals surface area contributed by atoms with E-state index in [2.05, 4.69) is 24.0 Å². The molecule has 0 spiro atoms. The van der Waals surface area contributed by atoms with Gasteiger partial charge < -0.3 is 4.74 Å². The molecule has 1 saturated heterocycles. The standard InChI is InChI=1S/C18H23N3O3S/c1-12(2)13-5-7-14(8-6-13)16(22)11-25-18-20-19-17(23)21(18)10-15-4-3-9-24-15/h5-8,12,15H,3-4,9-11H2,1-2H3,(H,19,23). The number of carbonyl (C=O) groups excluding carboxylic acids is 1. The number of nitrogens with one attached hydrogen (secondary N) is 1. The second-order valence-corrected chi connectivity index (χ2v) is 7.49. The number of thioether (sulfide) groups is 1. The topological polar surface area (TPSA) is 77.0 Å². The summed E-state index contributed by atoms with van der Waals surface area (Å²) in [6, 6.07) is 7.71. The first-order chi connectivity index (χ1) is 12.0. The Morgan fingerprint density at radius 3 is 2.80 bits per heavy atom. The maximum atomic E-state index is 12.4. The Morgan fingerprint density at radius 1 is 1.40 bits per heavy atom. The number of carbonyl (C=O) groups is 1. The Labute approximate surface area is 151 Å². The highest BCUT2D eigenvalue weighted by Crippen LogP contribution is 2.20. The van der Waals surface area contributed by atoms with Crippen LogP contribution in [0.5, 0.6) is 0 Å². The number of H-pyrrole nitrogens is 1. The van der Waals surface area contributed by atoms with Crippen molar-refractivity contribution >= 4 is 17.5 Å². The van der Waals surface area contributed by atoms with E-state index >= 15 is 0 Å². The minimum atomic E-state index is -0.258. The number of ether oxygens (including phenoxy) is 1. The molecular weight excluding hydrogens is 338 g/mol. The monoisotopic (exact) mass is 361 g/mol. The Morgan fingerprint density at radius 2 is 2.16 bits per heavy atom. The largest absolute Gasteiger partial charge is 0.376 e. The van der Waals surface area contributed by atoms with E-state index in [0.717, 1.165) is 19.4 Å². The van der Waals surface area contributed by atoms with Crippen LogP contribution in [-0.2, 0) is 11.3 Å². The normalized spacial score (nSPS) is 17.3. The van der Waals surface area contributed by atoms with Gasteiger partial charge in [0, 0.05) is 12.2 Å². The molecule has 0 amide bonds. The average molecular weight is 361 g/mol. The quantitative estimate of drug-likeness (QED) is 0.606. The van der Waals surface area contributed by atoms with Crippen LogP contribution in [-0.4, -0.2) is 39.0 Å². The molecule has 1 N–H and O–H groups in total. The third-order valence-electron chi connectivity index (χ3n) is 4.37. The van der Waals surface area contributed by atoms with Gasteiger partial charge in [0.1, 0.15) is 0 Å². The van der Waals surface area contributed by atoms with E-state index in [-0.39, 0.29) is 23.3 Å². The van der Waals surface area contributed by atoms with Crippen LogP contribution in [0, 0.1) is 0 Å². The van der Waals surface area contributed by atoms with Crippen LogP contribution in [0.3, 0.4) is 0 Å². The van der Waals surface area contributed by atoms with E-state index in [9.17, 15) is 9.59 Å². The predicted octanol–water partition coefficient (Wildman–Crippen LogP) is 2.85. The van der Waals surface area contributed by atoms with Gasteiger partial charge in [0.15, 0.2) is 10.9 Å². The van der Waals surface area contributed by atoms with E-state index in [1.54, 1.807) is 4.57 Å². The Kier molecular flexibility index (Phi) is 5.75. The number of benzene rings is 1. The molecule has 0 radical (unpaired) electrons. The molecule has 1 aromatic heterocycles. The van der Waals surface area contributed by atoms with Gasteiger partial charge in [-0.3, -0.25) is 9.36 Å². The zero-order chi connectivity index (χ0) is 17.8. The maximum absolute atomic E-state index is 12.4. The van der Waals surface area contributed by atoms with Crippen molar-refractivity contribution in [1.82, 2.24) is 14.8 Å². The van der Waals surface area contributed by atoms with Crippen molar-refractivity contribution in [3.8, 4) is 0 Å². The molecule has 0 saturated carbocycles. The Bertz CT molecular complexity index is 774. The average Bonchev–Trinajstić information content (AvgIpc) is 3.24. The number of aromatic amines is 1. The van der Waals surface area contributed by atoms with Crippen LogP contribution in [0.2, 0.25) is 0 Å². The van der Waals surface area contributed by atoms with Crippen LogP contribution >= 0.6 is 11.8 Å². The van der Waals surface area contributed by atoms with Crippen molar-refractivity contribution in [2.24, 2.45) is 0 Å². The number of ketones is 1. The number of hydrogen-bond acceptors (Lipinski definition) is 5. The third kappa shape index (κ3) is 4.41. The van der Waals surface area contributed by atoms with Crippen LogP contribution in [0.15, 0.2) is 34.2 Å². The summed E-state index contributed by atoms with van der Waals surface area (Å²) in [5, 5.41) is 7.04. The summed E-state index contributed by atoms with van der Waals surface area (Å²) < 4.78 is 7.15. The number of aromatic nitrogens is 3. The molecule has 0 aliphatic carbocycles. The molecule has 0 bridgehead atoms. The highest BCUT2D eigenvalue weighted by molar-refractivity contribution is 7.99. The molecule has 3 rings (SSSR count). The van der Waals surface area contributed by atoms with E-state index in [1.807, 2.05) is 24.3 Å². The zero-order valence-corrected chi connectivity index (χ0v) is 15.3. The molecule has 6 nitrogen and oxygen atoms in total. The van der Waals surface area contributed by atoms with Gasteiger partial charge in [-0.1, -0.05) is 49.9 Å². The summed E-state index contributed by atoms with van der Waals surface area (Å²) in [5.41, 5.74) is 1.63. The fraction of sp³-hybridized carbons (Fsp3) is 0.500. The van der Waals surface area contributed by atoms with Crippen molar-refractivity contribution in [3.63, 3.8) is 0 Å². The molecule has 1 aliphatic rings. The fourth-order valence-electron chi connectivity index (χ4n) is 2.83. The lowest BCUT2D eigenvalue weighted by atomic mass is 10.0. The molecule has 1 fully saturated rings. The van der Waals surface area contributed by atoms with E-state index in [1.165, 1.54) is 17.3 Å². The van der Waals surface area contributed by atoms with Crippen molar-refractivity contribution in [3.05, 3.63) is 45.9 Å². The minimum Gasteiger partial charge on any atom is -0.376 e. The fourth-order valence-corrected chi connectivity index (χ4v) is 3.68. The van der Waals surface area contributed by atoms with Crippen molar-refractivity contribution < 1.29 is 9.53 Å². The molecule has 1 aromatic carbocycles. The van der Waals surface area contributed by atoms with E-state index in [0.29, 0.717) is 23.2 Å². The van der Waals surface area contributed by atoms with Crippen LogP contribution in [0.1, 0.15) is 48.5 Å². The van der Waals surface area contributed by atoms with Crippen LogP contribution in [0.25, 0.3) is 0 Å². The summed E-state index contributed by atoms with van der Waals surface area (Å²) in [5.74, 6) is 0.714. The SMILES string of the molecule is CC(C)c1ccc(C(=O)CSc2n[nH]c(=O)n2CC2CCCO2)cc1. The molecule has 2 aromatic rings. The second kappa shape index (κ2) is 8.01. The molecule has 1 unspecified atom stereocenters. The second-order valence-electron chi connectivity index (χ2n) is 6.55. The number of rotatable bonds is 7. The molecule has 7 heteroatoms. The smallest absolute Gasteiger partial charge is 0.344 e. The summed E-state index contributed by atoms with van der Waals surface area (Å²) in [6.45, 7) is 5.47. The number of Topliss-reactive ketones (excluding diaryl/α,β-unsaturated/α-hetero) is 1. The van der Waals surface area contributed by atoms with Gasteiger partial charge in [-0.2, -0.15) is 0 Å². The van der Waals surface area contributed by atoms with E-state index in [4.69, 9.17) is 4.74 Å². The van der Waals surface area contributed by atoms with Crippen molar-refractivity contribution in [2.45, 2.75) is 50.4 Å². The molecule has 1 aliphatic heterocycles. The van der Waals surface area contributed by atoms with Gasteiger partial charge in [-0.25, -0.2) is 9.89 Å². The third-order valence-corrected chi connectivity index (χ3v) is 5.34. The first kappa shape index (κ1) is 17.9. The molecule has 25 heavy (non-hydrogen) atoms. The van der Waals surface area contributed by atoms with Crippen molar-refractivity contribution in [2.75, 3.05) is 12.4 Å².